The minimum Gasteiger partial charge on any atom is -0.377 e. The molecule has 0 spiro atoms. The Bertz CT molecular complexity index is 468. The zero-order valence-corrected chi connectivity index (χ0v) is 12.7. The van der Waals surface area contributed by atoms with Gasteiger partial charge in [0, 0.05) is 13.0 Å². The minimum absolute atomic E-state index is 0.00556. The fourth-order valence-corrected chi connectivity index (χ4v) is 2.77. The Kier molecular flexibility index (Phi) is 4.81. The monoisotopic (exact) mass is 280 g/mol. The lowest BCUT2D eigenvalue weighted by molar-refractivity contribution is -0.131. The van der Waals surface area contributed by atoms with E-state index < -0.39 is 0 Å². The van der Waals surface area contributed by atoms with E-state index in [1.165, 1.54) is 0 Å². The van der Waals surface area contributed by atoms with Crippen molar-refractivity contribution in [1.82, 2.24) is 5.16 Å². The summed E-state index contributed by atoms with van der Waals surface area (Å²) >= 11 is 0. The Labute approximate surface area is 120 Å². The maximum Gasteiger partial charge on any atom is 0.230 e. The molecule has 1 aromatic heterocycles. The summed E-state index contributed by atoms with van der Waals surface area (Å²) in [5, 5.41) is 6.91. The third-order valence-corrected chi connectivity index (χ3v) is 3.86. The second-order valence-corrected chi connectivity index (χ2v) is 5.74. The van der Waals surface area contributed by atoms with E-state index in [0.717, 1.165) is 36.6 Å². The lowest BCUT2D eigenvalue weighted by Gasteiger charge is -2.33. The van der Waals surface area contributed by atoms with Crippen LogP contribution in [0, 0.1) is 18.8 Å². The van der Waals surface area contributed by atoms with Crippen molar-refractivity contribution < 1.29 is 14.1 Å². The Morgan fingerprint density at radius 3 is 2.90 bits per heavy atom. The van der Waals surface area contributed by atoms with Crippen LogP contribution in [0.15, 0.2) is 4.52 Å². The topological polar surface area (TPSA) is 64.4 Å². The molecule has 20 heavy (non-hydrogen) atoms. The Morgan fingerprint density at radius 1 is 1.50 bits per heavy atom. The number of aryl methyl sites for hydroxylation is 2. The SMILES string of the molecule is CCc1onc(C)c1NC(=O)[C@@H]1CCCO[C@H]1C(C)C. The number of amides is 1. The van der Waals surface area contributed by atoms with E-state index in [0.29, 0.717) is 12.3 Å². The molecule has 1 aliphatic rings. The highest BCUT2D eigenvalue weighted by Crippen LogP contribution is 2.29. The normalized spacial score (nSPS) is 23.1. The van der Waals surface area contributed by atoms with E-state index in [4.69, 9.17) is 9.26 Å². The highest BCUT2D eigenvalue weighted by atomic mass is 16.5. The third-order valence-electron chi connectivity index (χ3n) is 3.86. The number of rotatable bonds is 4. The second kappa shape index (κ2) is 6.39. The molecule has 2 heterocycles. The summed E-state index contributed by atoms with van der Waals surface area (Å²) in [7, 11) is 0. The fraction of sp³-hybridized carbons (Fsp3) is 0.733. The Morgan fingerprint density at radius 2 is 2.25 bits per heavy atom. The van der Waals surface area contributed by atoms with Crippen LogP contribution in [0.2, 0.25) is 0 Å². The summed E-state index contributed by atoms with van der Waals surface area (Å²) in [4.78, 5) is 12.5. The molecule has 1 amide bonds. The van der Waals surface area contributed by atoms with Gasteiger partial charge in [-0.05, 0) is 25.7 Å². The van der Waals surface area contributed by atoms with Crippen molar-refractivity contribution in [3.63, 3.8) is 0 Å². The highest BCUT2D eigenvalue weighted by Gasteiger charge is 2.34. The maximum atomic E-state index is 12.5. The summed E-state index contributed by atoms with van der Waals surface area (Å²) in [6.45, 7) is 8.77. The van der Waals surface area contributed by atoms with E-state index in [-0.39, 0.29) is 17.9 Å². The molecule has 0 radical (unpaired) electrons. The summed E-state index contributed by atoms with van der Waals surface area (Å²) < 4.78 is 11.0. The number of nitrogens with zero attached hydrogens (tertiary/aromatic N) is 1. The number of carbonyl (C=O) groups excluding carboxylic acids is 1. The van der Waals surface area contributed by atoms with Gasteiger partial charge >= 0.3 is 0 Å². The van der Waals surface area contributed by atoms with Crippen molar-refractivity contribution in [2.75, 3.05) is 11.9 Å². The smallest absolute Gasteiger partial charge is 0.230 e. The van der Waals surface area contributed by atoms with Gasteiger partial charge in [-0.25, -0.2) is 0 Å². The van der Waals surface area contributed by atoms with Gasteiger partial charge in [0.15, 0.2) is 5.76 Å². The third kappa shape index (κ3) is 3.03. The molecule has 0 bridgehead atoms. The van der Waals surface area contributed by atoms with Gasteiger partial charge in [0.05, 0.1) is 12.0 Å². The molecular formula is C15H24N2O3. The number of hydrogen-bond acceptors (Lipinski definition) is 4. The first-order chi connectivity index (χ1) is 9.54. The van der Waals surface area contributed by atoms with Gasteiger partial charge in [-0.3, -0.25) is 4.79 Å². The molecule has 0 aromatic carbocycles. The van der Waals surface area contributed by atoms with Gasteiger partial charge < -0.3 is 14.6 Å². The van der Waals surface area contributed by atoms with Crippen molar-refractivity contribution in [3.8, 4) is 0 Å². The van der Waals surface area contributed by atoms with Gasteiger partial charge in [-0.15, -0.1) is 0 Å². The van der Waals surface area contributed by atoms with Gasteiger partial charge in [-0.2, -0.15) is 0 Å². The number of hydrogen-bond donors (Lipinski definition) is 1. The van der Waals surface area contributed by atoms with Crippen LogP contribution < -0.4 is 5.32 Å². The zero-order valence-electron chi connectivity index (χ0n) is 12.7. The van der Waals surface area contributed by atoms with Crippen molar-refractivity contribution in [2.45, 2.75) is 53.1 Å². The highest BCUT2D eigenvalue weighted by molar-refractivity contribution is 5.94. The maximum absolute atomic E-state index is 12.5. The molecule has 0 aliphatic carbocycles. The number of ether oxygens (including phenoxy) is 1. The average molecular weight is 280 g/mol. The Balaban J connectivity index is 2.12. The first-order valence-electron chi connectivity index (χ1n) is 7.42. The van der Waals surface area contributed by atoms with Crippen LogP contribution in [-0.2, 0) is 16.0 Å². The fourth-order valence-electron chi connectivity index (χ4n) is 2.77. The molecular weight excluding hydrogens is 256 g/mol. The number of aromatic nitrogens is 1. The van der Waals surface area contributed by atoms with Crippen LogP contribution in [-0.4, -0.2) is 23.8 Å². The molecule has 1 aliphatic heterocycles. The standard InChI is InChI=1S/C15H24N2O3/c1-5-12-13(10(4)17-20-12)16-15(18)11-7-6-8-19-14(11)9(2)3/h9,11,14H,5-8H2,1-4H3,(H,16,18)/t11-,14+/m1/s1. The van der Waals surface area contributed by atoms with Gasteiger partial charge in [0.1, 0.15) is 11.4 Å². The molecule has 2 atom stereocenters. The van der Waals surface area contributed by atoms with Crippen LogP contribution in [0.5, 0.6) is 0 Å². The number of anilines is 1. The van der Waals surface area contributed by atoms with E-state index in [2.05, 4.69) is 24.3 Å². The average Bonchev–Trinajstić information content (AvgIpc) is 2.79. The second-order valence-electron chi connectivity index (χ2n) is 5.74. The molecule has 5 heteroatoms. The quantitative estimate of drug-likeness (QED) is 0.921. The van der Waals surface area contributed by atoms with Gasteiger partial charge in [0.2, 0.25) is 5.91 Å². The molecule has 1 fully saturated rings. The Hall–Kier alpha value is -1.36. The summed E-state index contributed by atoms with van der Waals surface area (Å²) in [5.41, 5.74) is 1.46. The molecule has 1 aromatic rings. The van der Waals surface area contributed by atoms with Crippen molar-refractivity contribution in [1.29, 1.82) is 0 Å². The summed E-state index contributed by atoms with van der Waals surface area (Å²) in [5.74, 6) is 0.987. The predicted octanol–water partition coefficient (Wildman–Crippen LogP) is 2.94. The molecule has 0 unspecified atom stereocenters. The molecule has 5 nitrogen and oxygen atoms in total. The van der Waals surface area contributed by atoms with Crippen LogP contribution in [0.4, 0.5) is 5.69 Å². The van der Waals surface area contributed by atoms with E-state index >= 15 is 0 Å². The molecule has 1 N–H and O–H groups in total. The van der Waals surface area contributed by atoms with Crippen molar-refractivity contribution >= 4 is 11.6 Å². The van der Waals surface area contributed by atoms with Crippen molar-refractivity contribution in [3.05, 3.63) is 11.5 Å². The van der Waals surface area contributed by atoms with E-state index in [1.807, 2.05) is 13.8 Å². The van der Waals surface area contributed by atoms with E-state index in [1.54, 1.807) is 0 Å². The lowest BCUT2D eigenvalue weighted by atomic mass is 9.86. The van der Waals surface area contributed by atoms with Crippen LogP contribution in [0.1, 0.15) is 45.1 Å². The first kappa shape index (κ1) is 15.0. The summed E-state index contributed by atoms with van der Waals surface area (Å²) in [6.07, 6.45) is 2.52. The van der Waals surface area contributed by atoms with Crippen molar-refractivity contribution in [2.24, 2.45) is 11.8 Å². The molecule has 0 saturated carbocycles. The molecule has 112 valence electrons. The largest absolute Gasteiger partial charge is 0.377 e. The summed E-state index contributed by atoms with van der Waals surface area (Å²) in [6, 6.07) is 0. The minimum atomic E-state index is -0.0947. The van der Waals surface area contributed by atoms with Crippen LogP contribution in [0.3, 0.4) is 0 Å². The lowest BCUT2D eigenvalue weighted by Crippen LogP contribution is -2.41. The molecule has 1 saturated heterocycles. The zero-order chi connectivity index (χ0) is 14.7. The van der Waals surface area contributed by atoms with Gasteiger partial charge in [0.25, 0.3) is 0 Å². The van der Waals surface area contributed by atoms with E-state index in [9.17, 15) is 4.79 Å². The molecule has 2 rings (SSSR count). The van der Waals surface area contributed by atoms with Crippen LogP contribution in [0.25, 0.3) is 0 Å². The predicted molar refractivity (Wildman–Crippen MR) is 76.5 cm³/mol. The van der Waals surface area contributed by atoms with Crippen LogP contribution >= 0.6 is 0 Å². The van der Waals surface area contributed by atoms with Gasteiger partial charge in [-0.1, -0.05) is 25.9 Å². The first-order valence-corrected chi connectivity index (χ1v) is 7.42. The number of nitrogens with one attached hydrogen (secondary N) is 1. The number of carbonyl (C=O) groups is 1.